The predicted molar refractivity (Wildman–Crippen MR) is 87.5 cm³/mol. The molecule has 2 aliphatic rings. The van der Waals surface area contributed by atoms with Crippen molar-refractivity contribution in [1.29, 1.82) is 0 Å². The van der Waals surface area contributed by atoms with Crippen LogP contribution in [-0.2, 0) is 10.2 Å². The van der Waals surface area contributed by atoms with E-state index in [0.29, 0.717) is 30.6 Å². The van der Waals surface area contributed by atoms with Gasteiger partial charge in [0, 0.05) is 24.7 Å². The number of pyridine rings is 1. The van der Waals surface area contributed by atoms with Gasteiger partial charge in [0.25, 0.3) is 0 Å². The minimum Gasteiger partial charge on any atom is -0.356 e. The van der Waals surface area contributed by atoms with E-state index in [1.807, 2.05) is 22.7 Å². The van der Waals surface area contributed by atoms with Gasteiger partial charge < -0.3 is 9.84 Å². The van der Waals surface area contributed by atoms with E-state index in [4.69, 9.17) is 9.51 Å². The summed E-state index contributed by atoms with van der Waals surface area (Å²) in [7, 11) is 0. The van der Waals surface area contributed by atoms with E-state index in [-0.39, 0.29) is 11.3 Å². The zero-order valence-corrected chi connectivity index (χ0v) is 13.7. The van der Waals surface area contributed by atoms with Crippen molar-refractivity contribution >= 4 is 11.6 Å². The quantitative estimate of drug-likeness (QED) is 0.781. The molecule has 4 heterocycles. The smallest absolute Gasteiger partial charge is 0.233 e. The molecule has 8 heteroatoms. The van der Waals surface area contributed by atoms with Crippen molar-refractivity contribution < 1.29 is 9.32 Å². The van der Waals surface area contributed by atoms with Crippen molar-refractivity contribution in [2.24, 2.45) is 5.92 Å². The number of rotatable bonds is 3. The summed E-state index contributed by atoms with van der Waals surface area (Å²) in [6.07, 6.45) is 8.24. The third-order valence-corrected chi connectivity index (χ3v) is 5.70. The van der Waals surface area contributed by atoms with Crippen LogP contribution >= 0.6 is 0 Å². The van der Waals surface area contributed by atoms with Gasteiger partial charge in [0.1, 0.15) is 6.33 Å². The van der Waals surface area contributed by atoms with Crippen LogP contribution in [0.15, 0.2) is 29.2 Å². The van der Waals surface area contributed by atoms with E-state index in [0.717, 1.165) is 36.9 Å². The molecular formula is C17H18N6O2. The van der Waals surface area contributed by atoms with Crippen molar-refractivity contribution in [3.8, 4) is 11.4 Å². The molecule has 128 valence electrons. The maximum absolute atomic E-state index is 11.5. The van der Waals surface area contributed by atoms with Gasteiger partial charge in [-0.1, -0.05) is 11.6 Å². The molecule has 1 atom stereocenters. The molecule has 1 saturated carbocycles. The highest BCUT2D eigenvalue weighted by molar-refractivity contribution is 5.76. The van der Waals surface area contributed by atoms with Gasteiger partial charge in [-0.3, -0.25) is 9.20 Å². The maximum Gasteiger partial charge on any atom is 0.233 e. The predicted octanol–water partition coefficient (Wildman–Crippen LogP) is 1.73. The summed E-state index contributed by atoms with van der Waals surface area (Å²) in [6.45, 7) is 0.697. The molecule has 0 bridgehead atoms. The normalized spacial score (nSPS) is 22.6. The fourth-order valence-electron chi connectivity index (χ4n) is 4.06. The van der Waals surface area contributed by atoms with Gasteiger partial charge in [-0.25, -0.2) is 0 Å². The van der Waals surface area contributed by atoms with Gasteiger partial charge in [-0.05, 0) is 37.3 Å². The lowest BCUT2D eigenvalue weighted by Gasteiger charge is -2.46. The fourth-order valence-corrected chi connectivity index (χ4v) is 4.06. The topological polar surface area (TPSA) is 98.2 Å². The van der Waals surface area contributed by atoms with Crippen LogP contribution in [0, 0.1) is 5.92 Å². The number of carbonyl (C=O) groups excluding carboxylic acids is 1. The second kappa shape index (κ2) is 5.37. The summed E-state index contributed by atoms with van der Waals surface area (Å²) in [5.41, 5.74) is 1.52. The minimum atomic E-state index is -0.0854. The number of nitrogens with zero attached hydrogens (tertiary/aromatic N) is 5. The Labute approximate surface area is 143 Å². The Morgan fingerprint density at radius 1 is 1.36 bits per heavy atom. The largest absolute Gasteiger partial charge is 0.356 e. The highest BCUT2D eigenvalue weighted by atomic mass is 16.5. The highest BCUT2D eigenvalue weighted by Crippen LogP contribution is 2.50. The molecule has 2 fully saturated rings. The molecule has 0 radical (unpaired) electrons. The molecule has 0 spiro atoms. The Bertz CT molecular complexity index is 931. The van der Waals surface area contributed by atoms with Crippen molar-refractivity contribution in [2.45, 2.75) is 37.5 Å². The van der Waals surface area contributed by atoms with Crippen LogP contribution in [0.5, 0.6) is 0 Å². The summed E-state index contributed by atoms with van der Waals surface area (Å²) in [4.78, 5) is 16.2. The van der Waals surface area contributed by atoms with Crippen LogP contribution < -0.4 is 5.32 Å². The summed E-state index contributed by atoms with van der Waals surface area (Å²) < 4.78 is 7.52. The van der Waals surface area contributed by atoms with E-state index in [1.54, 1.807) is 6.33 Å². The van der Waals surface area contributed by atoms with Gasteiger partial charge in [-0.15, -0.1) is 10.2 Å². The lowest BCUT2D eigenvalue weighted by Crippen LogP contribution is -2.50. The van der Waals surface area contributed by atoms with Gasteiger partial charge in [-0.2, -0.15) is 4.98 Å². The lowest BCUT2D eigenvalue weighted by molar-refractivity contribution is -0.124. The molecule has 1 unspecified atom stereocenters. The van der Waals surface area contributed by atoms with E-state index in [2.05, 4.69) is 20.7 Å². The van der Waals surface area contributed by atoms with Gasteiger partial charge >= 0.3 is 0 Å². The third-order valence-electron chi connectivity index (χ3n) is 5.70. The van der Waals surface area contributed by atoms with E-state index < -0.39 is 0 Å². The first kappa shape index (κ1) is 14.6. The SMILES string of the molecule is O=C1CCC(C2(c3nc(-c4ccn5cnnc5c4)no3)CCC2)CN1. The summed E-state index contributed by atoms with van der Waals surface area (Å²) >= 11 is 0. The van der Waals surface area contributed by atoms with E-state index in [1.165, 1.54) is 0 Å². The van der Waals surface area contributed by atoms with Crippen molar-refractivity contribution in [1.82, 2.24) is 30.1 Å². The number of amides is 1. The van der Waals surface area contributed by atoms with Crippen LogP contribution in [0.1, 0.15) is 38.0 Å². The summed E-state index contributed by atoms with van der Waals surface area (Å²) in [5.74, 6) is 1.78. The van der Waals surface area contributed by atoms with E-state index in [9.17, 15) is 4.79 Å². The van der Waals surface area contributed by atoms with Crippen molar-refractivity contribution in [2.75, 3.05) is 6.54 Å². The van der Waals surface area contributed by atoms with Crippen LogP contribution in [0.4, 0.5) is 0 Å². The molecule has 1 aliphatic heterocycles. The third kappa shape index (κ3) is 2.24. The zero-order valence-electron chi connectivity index (χ0n) is 13.7. The number of hydrogen-bond acceptors (Lipinski definition) is 6. The number of piperidine rings is 1. The average Bonchev–Trinajstić information content (AvgIpc) is 3.24. The molecule has 1 N–H and O–H groups in total. The molecule has 8 nitrogen and oxygen atoms in total. The molecule has 1 amide bonds. The Morgan fingerprint density at radius 2 is 2.28 bits per heavy atom. The monoisotopic (exact) mass is 338 g/mol. The van der Waals surface area contributed by atoms with E-state index >= 15 is 0 Å². The first-order valence-corrected chi connectivity index (χ1v) is 8.65. The average molecular weight is 338 g/mol. The summed E-state index contributed by atoms with van der Waals surface area (Å²) in [5, 5.41) is 15.1. The molecule has 3 aromatic heterocycles. The molecule has 0 aromatic carbocycles. The van der Waals surface area contributed by atoms with Crippen LogP contribution in [-0.4, -0.2) is 37.2 Å². The minimum absolute atomic E-state index is 0.0854. The number of fused-ring (bicyclic) bond motifs is 1. The molecule has 1 aliphatic carbocycles. The van der Waals surface area contributed by atoms with Crippen molar-refractivity contribution in [3.63, 3.8) is 0 Å². The highest BCUT2D eigenvalue weighted by Gasteiger charge is 2.50. The number of hydrogen-bond donors (Lipinski definition) is 1. The summed E-state index contributed by atoms with van der Waals surface area (Å²) in [6, 6.07) is 3.83. The Kier molecular flexibility index (Phi) is 3.13. The lowest BCUT2D eigenvalue weighted by atomic mass is 9.59. The Balaban J connectivity index is 1.47. The van der Waals surface area contributed by atoms with Crippen molar-refractivity contribution in [3.05, 3.63) is 30.5 Å². The van der Waals surface area contributed by atoms with Gasteiger partial charge in [0.15, 0.2) is 5.65 Å². The second-order valence-electron chi connectivity index (χ2n) is 6.98. The Hall–Kier alpha value is -2.77. The molecule has 25 heavy (non-hydrogen) atoms. The standard InChI is InChI=1S/C17H18N6O2/c24-14-3-2-12(9-18-14)17(5-1-6-17)16-20-15(22-25-16)11-4-7-23-10-19-21-13(23)8-11/h4,7-8,10,12H,1-3,5-6,9H2,(H,18,24). The Morgan fingerprint density at radius 3 is 3.04 bits per heavy atom. The van der Waals surface area contributed by atoms with Crippen LogP contribution in [0.3, 0.4) is 0 Å². The second-order valence-corrected chi connectivity index (χ2v) is 6.98. The van der Waals surface area contributed by atoms with Crippen LogP contribution in [0.25, 0.3) is 17.0 Å². The molecular weight excluding hydrogens is 320 g/mol. The van der Waals surface area contributed by atoms with Gasteiger partial charge in [0.2, 0.25) is 17.6 Å². The van der Waals surface area contributed by atoms with Gasteiger partial charge in [0.05, 0.1) is 5.41 Å². The number of nitrogens with one attached hydrogen (secondary N) is 1. The fraction of sp³-hybridized carbons (Fsp3) is 0.471. The first-order chi connectivity index (χ1) is 12.2. The number of carbonyl (C=O) groups is 1. The maximum atomic E-state index is 11.5. The van der Waals surface area contributed by atoms with Crippen LogP contribution in [0.2, 0.25) is 0 Å². The number of aromatic nitrogens is 5. The first-order valence-electron chi connectivity index (χ1n) is 8.65. The molecule has 3 aromatic rings. The molecule has 5 rings (SSSR count). The molecule has 1 saturated heterocycles. The zero-order chi connectivity index (χ0) is 16.9.